The lowest BCUT2D eigenvalue weighted by atomic mass is 10.0. The number of carbonyl (C=O) groups is 3. The van der Waals surface area contributed by atoms with E-state index in [2.05, 4.69) is 5.10 Å². The number of benzene rings is 2. The number of para-hydroxylation sites is 1. The molecule has 3 amide bonds. The lowest BCUT2D eigenvalue weighted by molar-refractivity contribution is -0.114. The van der Waals surface area contributed by atoms with Crippen LogP contribution in [0.15, 0.2) is 75.8 Å². The second-order valence-corrected chi connectivity index (χ2v) is 7.51. The maximum Gasteiger partial charge on any atom is 0.280 e. The zero-order valence-corrected chi connectivity index (χ0v) is 17.5. The van der Waals surface area contributed by atoms with Crippen LogP contribution in [0.25, 0.3) is 17.4 Å². The number of hydrogen-bond donors (Lipinski definition) is 0. The first-order valence-corrected chi connectivity index (χ1v) is 10.2. The van der Waals surface area contributed by atoms with Crippen molar-refractivity contribution < 1.29 is 18.8 Å². The number of hydrazone groups is 1. The molecule has 0 N–H and O–H groups in total. The number of amides is 3. The number of imide groups is 1. The highest BCUT2D eigenvalue weighted by Gasteiger charge is 2.34. The van der Waals surface area contributed by atoms with E-state index in [1.807, 2.05) is 30.3 Å². The maximum absolute atomic E-state index is 12.9. The van der Waals surface area contributed by atoms with Gasteiger partial charge in [0.15, 0.2) is 0 Å². The lowest BCUT2D eigenvalue weighted by Gasteiger charge is -2.10. The number of furan rings is 1. The molecule has 1 aromatic heterocycles. The number of fused-ring (bicyclic) bond motifs is 1. The Morgan fingerprint density at radius 2 is 1.66 bits per heavy atom. The largest absolute Gasteiger partial charge is 0.457 e. The zero-order chi connectivity index (χ0) is 22.4. The van der Waals surface area contributed by atoms with Crippen molar-refractivity contribution in [1.82, 2.24) is 4.90 Å². The molecule has 0 saturated heterocycles. The van der Waals surface area contributed by atoms with Gasteiger partial charge < -0.3 is 4.42 Å². The van der Waals surface area contributed by atoms with E-state index in [0.29, 0.717) is 51.7 Å². The number of nitrogens with zero attached hydrogens (tertiary/aromatic N) is 3. The summed E-state index contributed by atoms with van der Waals surface area (Å²) in [5.41, 5.74) is 3.19. The first kappa shape index (κ1) is 19.7. The smallest absolute Gasteiger partial charge is 0.280 e. The van der Waals surface area contributed by atoms with Crippen LogP contribution >= 0.6 is 0 Å². The fraction of sp³-hybridized carbons (Fsp3) is 0.120. The topological polar surface area (TPSA) is 83.2 Å². The standard InChI is InChI=1S/C25H19N3O4/c1-3-27-23(29)19-11-9-16(13-21(19)24(27)30)22-12-10-18(32-22)14-20-15(2)26-28(25(20)31)17-7-5-4-6-8-17/h4-14H,3H2,1-2H3/b20-14-. The Kier molecular flexibility index (Phi) is 4.59. The number of hydrogen-bond acceptors (Lipinski definition) is 5. The maximum atomic E-state index is 12.9. The van der Waals surface area contributed by atoms with Gasteiger partial charge in [0.1, 0.15) is 11.5 Å². The van der Waals surface area contributed by atoms with Crippen LogP contribution in [0.2, 0.25) is 0 Å². The summed E-state index contributed by atoms with van der Waals surface area (Å²) >= 11 is 0. The molecule has 0 radical (unpaired) electrons. The van der Waals surface area contributed by atoms with Gasteiger partial charge >= 0.3 is 0 Å². The monoisotopic (exact) mass is 425 g/mol. The molecule has 2 aliphatic heterocycles. The van der Waals surface area contributed by atoms with Gasteiger partial charge in [-0.05, 0) is 56.3 Å². The average Bonchev–Trinajstić information content (AvgIpc) is 3.46. The van der Waals surface area contributed by atoms with E-state index in [-0.39, 0.29) is 17.7 Å². The third-order valence-corrected chi connectivity index (χ3v) is 5.55. The Hall–Kier alpha value is -4.26. The number of carbonyl (C=O) groups excluding carboxylic acids is 3. The molecule has 3 heterocycles. The molecular weight excluding hydrogens is 406 g/mol. The Bertz CT molecular complexity index is 1330. The van der Waals surface area contributed by atoms with Crippen molar-refractivity contribution in [3.8, 4) is 11.3 Å². The molecule has 2 aromatic carbocycles. The minimum atomic E-state index is -0.298. The van der Waals surface area contributed by atoms with Crippen LogP contribution in [0.5, 0.6) is 0 Å². The zero-order valence-electron chi connectivity index (χ0n) is 17.5. The molecule has 7 nitrogen and oxygen atoms in total. The third kappa shape index (κ3) is 3.06. The molecule has 0 spiro atoms. The fourth-order valence-corrected chi connectivity index (χ4v) is 3.89. The van der Waals surface area contributed by atoms with Crippen LogP contribution < -0.4 is 5.01 Å². The molecule has 0 aliphatic carbocycles. The minimum Gasteiger partial charge on any atom is -0.457 e. The third-order valence-electron chi connectivity index (χ3n) is 5.55. The molecule has 7 heteroatoms. The number of anilines is 1. The summed E-state index contributed by atoms with van der Waals surface area (Å²) in [6.45, 7) is 3.87. The van der Waals surface area contributed by atoms with Gasteiger partial charge in [-0.2, -0.15) is 10.1 Å². The average molecular weight is 425 g/mol. The number of rotatable bonds is 4. The van der Waals surface area contributed by atoms with Crippen LogP contribution in [0.4, 0.5) is 5.69 Å². The first-order chi connectivity index (χ1) is 15.5. The van der Waals surface area contributed by atoms with Crippen LogP contribution in [-0.4, -0.2) is 34.9 Å². The minimum absolute atomic E-state index is 0.229. The van der Waals surface area contributed by atoms with Gasteiger partial charge in [-0.25, -0.2) is 0 Å². The van der Waals surface area contributed by atoms with E-state index in [0.717, 1.165) is 0 Å². The molecule has 158 valence electrons. The van der Waals surface area contributed by atoms with Crippen LogP contribution in [0.1, 0.15) is 40.3 Å². The van der Waals surface area contributed by atoms with Crippen LogP contribution in [0, 0.1) is 0 Å². The van der Waals surface area contributed by atoms with E-state index < -0.39 is 0 Å². The lowest BCUT2D eigenvalue weighted by Crippen LogP contribution is -2.29. The van der Waals surface area contributed by atoms with E-state index >= 15 is 0 Å². The summed E-state index contributed by atoms with van der Waals surface area (Å²) in [5, 5.41) is 5.74. The van der Waals surface area contributed by atoms with Gasteiger partial charge in [-0.1, -0.05) is 24.3 Å². The van der Waals surface area contributed by atoms with Crippen LogP contribution in [-0.2, 0) is 4.79 Å². The van der Waals surface area contributed by atoms with Gasteiger partial charge in [0.25, 0.3) is 17.7 Å². The van der Waals surface area contributed by atoms with Gasteiger partial charge in [-0.3, -0.25) is 19.3 Å². The van der Waals surface area contributed by atoms with Crippen molar-refractivity contribution in [3.05, 3.63) is 83.1 Å². The van der Waals surface area contributed by atoms with E-state index in [4.69, 9.17) is 4.42 Å². The van der Waals surface area contributed by atoms with Crippen molar-refractivity contribution in [2.75, 3.05) is 11.6 Å². The highest BCUT2D eigenvalue weighted by Crippen LogP contribution is 2.31. The molecule has 32 heavy (non-hydrogen) atoms. The van der Waals surface area contributed by atoms with Crippen molar-refractivity contribution in [2.24, 2.45) is 5.10 Å². The van der Waals surface area contributed by atoms with Crippen molar-refractivity contribution in [2.45, 2.75) is 13.8 Å². The summed E-state index contributed by atoms with van der Waals surface area (Å²) in [4.78, 5) is 38.9. The highest BCUT2D eigenvalue weighted by atomic mass is 16.3. The predicted octanol–water partition coefficient (Wildman–Crippen LogP) is 4.37. The Morgan fingerprint density at radius 3 is 2.41 bits per heavy atom. The molecule has 3 aromatic rings. The van der Waals surface area contributed by atoms with Crippen molar-refractivity contribution in [1.29, 1.82) is 0 Å². The molecular formula is C25H19N3O4. The van der Waals surface area contributed by atoms with Gasteiger partial charge in [0, 0.05) is 12.1 Å². The first-order valence-electron chi connectivity index (χ1n) is 10.2. The fourth-order valence-electron chi connectivity index (χ4n) is 3.89. The molecule has 0 saturated carbocycles. The quantitative estimate of drug-likeness (QED) is 0.459. The second kappa shape index (κ2) is 7.46. The summed E-state index contributed by atoms with van der Waals surface area (Å²) in [6.07, 6.45) is 1.66. The SMILES string of the molecule is CCN1C(=O)c2ccc(-c3ccc(/C=C4\C(=O)N(c5ccccc5)N=C4C)o3)cc2C1=O. The molecule has 0 unspecified atom stereocenters. The molecule has 0 atom stereocenters. The Labute approximate surface area is 184 Å². The van der Waals surface area contributed by atoms with Crippen LogP contribution in [0.3, 0.4) is 0 Å². The van der Waals surface area contributed by atoms with Crippen molar-refractivity contribution in [3.63, 3.8) is 0 Å². The summed E-state index contributed by atoms with van der Waals surface area (Å²) in [7, 11) is 0. The van der Waals surface area contributed by atoms with Crippen molar-refractivity contribution >= 4 is 35.2 Å². The van der Waals surface area contributed by atoms with Gasteiger partial charge in [-0.15, -0.1) is 0 Å². The summed E-state index contributed by atoms with van der Waals surface area (Å²) < 4.78 is 5.93. The van der Waals surface area contributed by atoms with Gasteiger partial charge in [0.05, 0.1) is 28.1 Å². The molecule has 0 bridgehead atoms. The van der Waals surface area contributed by atoms with E-state index in [1.165, 1.54) is 9.91 Å². The van der Waals surface area contributed by atoms with E-state index in [1.54, 1.807) is 50.3 Å². The Morgan fingerprint density at radius 1 is 0.906 bits per heavy atom. The highest BCUT2D eigenvalue weighted by molar-refractivity contribution is 6.32. The molecule has 2 aliphatic rings. The van der Waals surface area contributed by atoms with Gasteiger partial charge in [0.2, 0.25) is 0 Å². The van der Waals surface area contributed by atoms with E-state index in [9.17, 15) is 14.4 Å². The normalized spacial score (nSPS) is 16.9. The molecule has 0 fully saturated rings. The second-order valence-electron chi connectivity index (χ2n) is 7.51. The molecule has 5 rings (SSSR count). The Balaban J connectivity index is 1.43. The summed E-state index contributed by atoms with van der Waals surface area (Å²) in [5.74, 6) is 0.225. The predicted molar refractivity (Wildman–Crippen MR) is 120 cm³/mol. The summed E-state index contributed by atoms with van der Waals surface area (Å²) in [6, 6.07) is 17.8.